The molecule has 2 amide bonds. The van der Waals surface area contributed by atoms with Gasteiger partial charge in [-0.15, -0.1) is 0 Å². The molecular weight excluding hydrogens is 535 g/mol. The highest BCUT2D eigenvalue weighted by Gasteiger charge is 2.18. The number of hydrogen-bond acceptors (Lipinski definition) is 7. The molecule has 2 aromatic heterocycles. The highest BCUT2D eigenvalue weighted by atomic mass is 35.5. The summed E-state index contributed by atoms with van der Waals surface area (Å²) in [5.74, 6) is 0.995. The number of hydrogen-bond donors (Lipinski definition) is 4. The average molecular weight is 561 g/mol. The molecule has 0 unspecified atom stereocenters. The lowest BCUT2D eigenvalue weighted by atomic mass is 10.0. The zero-order valence-electron chi connectivity index (χ0n) is 21.3. The molecule has 1 aliphatic rings. The quantitative estimate of drug-likeness (QED) is 0.198. The Labute approximate surface area is 235 Å². The number of anilines is 4. The van der Waals surface area contributed by atoms with Gasteiger partial charge in [0, 0.05) is 36.3 Å². The van der Waals surface area contributed by atoms with Crippen molar-refractivity contribution in [3.63, 3.8) is 0 Å². The summed E-state index contributed by atoms with van der Waals surface area (Å²) in [7, 11) is 0. The van der Waals surface area contributed by atoms with Crippen molar-refractivity contribution >= 4 is 46.4 Å². The van der Waals surface area contributed by atoms with Crippen LogP contribution < -0.4 is 26.0 Å². The fourth-order valence-electron chi connectivity index (χ4n) is 4.23. The third kappa shape index (κ3) is 7.10. The number of carbonyl (C=O) groups is 2. The molecule has 1 atom stereocenters. The monoisotopic (exact) mass is 560 g/mol. The maximum atomic E-state index is 13.2. The predicted molar refractivity (Wildman–Crippen MR) is 152 cm³/mol. The number of rotatable bonds is 9. The molecule has 9 nitrogen and oxygen atoms in total. The van der Waals surface area contributed by atoms with Gasteiger partial charge in [-0.2, -0.15) is 0 Å². The minimum Gasteiger partial charge on any atom is -0.456 e. The second kappa shape index (κ2) is 12.5. The van der Waals surface area contributed by atoms with Gasteiger partial charge in [0.1, 0.15) is 29.0 Å². The SMILES string of the molecule is O=C(C[C@@H]1CCNC1)Nc1cc(Oc2ccc(Nc3ncccc3C(=O)Nc3ccc(F)cc3)cc2Cl)ccn1. The predicted octanol–water partition coefficient (Wildman–Crippen LogP) is 6.00. The summed E-state index contributed by atoms with van der Waals surface area (Å²) in [6.45, 7) is 1.78. The van der Waals surface area contributed by atoms with E-state index in [1.54, 1.807) is 54.9 Å². The van der Waals surface area contributed by atoms with E-state index in [0.717, 1.165) is 19.5 Å². The van der Waals surface area contributed by atoms with Crippen LogP contribution in [0.1, 0.15) is 23.2 Å². The molecule has 5 rings (SSSR count). The maximum absolute atomic E-state index is 13.2. The molecule has 1 saturated heterocycles. The number of halogens is 2. The van der Waals surface area contributed by atoms with Crippen molar-refractivity contribution in [1.82, 2.24) is 15.3 Å². The van der Waals surface area contributed by atoms with Crippen LogP contribution in [-0.2, 0) is 4.79 Å². The average Bonchev–Trinajstić information content (AvgIpc) is 3.45. The Balaban J connectivity index is 1.23. The first kappa shape index (κ1) is 27.0. The maximum Gasteiger partial charge on any atom is 0.259 e. The van der Waals surface area contributed by atoms with Gasteiger partial charge in [0.15, 0.2) is 0 Å². The number of amides is 2. The minimum absolute atomic E-state index is 0.0907. The van der Waals surface area contributed by atoms with Crippen molar-refractivity contribution in [2.24, 2.45) is 5.92 Å². The Morgan fingerprint density at radius 1 is 1.00 bits per heavy atom. The molecule has 11 heteroatoms. The van der Waals surface area contributed by atoms with E-state index in [0.29, 0.717) is 57.4 Å². The summed E-state index contributed by atoms with van der Waals surface area (Å²) in [5.41, 5.74) is 1.32. The summed E-state index contributed by atoms with van der Waals surface area (Å²) >= 11 is 6.50. The second-order valence-corrected chi connectivity index (χ2v) is 9.63. The fraction of sp³-hybridized carbons (Fsp3) is 0.172. The van der Waals surface area contributed by atoms with Gasteiger partial charge in [-0.25, -0.2) is 14.4 Å². The van der Waals surface area contributed by atoms with E-state index in [1.807, 2.05) is 0 Å². The van der Waals surface area contributed by atoms with Crippen LogP contribution in [0.15, 0.2) is 79.1 Å². The third-order valence-corrected chi connectivity index (χ3v) is 6.51. The molecule has 1 fully saturated rings. The smallest absolute Gasteiger partial charge is 0.259 e. The first-order valence-electron chi connectivity index (χ1n) is 12.7. The Bertz CT molecular complexity index is 1510. The van der Waals surface area contributed by atoms with E-state index in [-0.39, 0.29) is 5.91 Å². The summed E-state index contributed by atoms with van der Waals surface area (Å²) in [5, 5.41) is 12.2. The van der Waals surface area contributed by atoms with Crippen molar-refractivity contribution in [3.05, 3.63) is 95.5 Å². The summed E-state index contributed by atoms with van der Waals surface area (Å²) in [4.78, 5) is 33.7. The van der Waals surface area contributed by atoms with Gasteiger partial charge in [-0.3, -0.25) is 9.59 Å². The van der Waals surface area contributed by atoms with Gasteiger partial charge in [-0.1, -0.05) is 11.6 Å². The zero-order valence-corrected chi connectivity index (χ0v) is 22.0. The van der Waals surface area contributed by atoms with Crippen LogP contribution in [0.2, 0.25) is 5.02 Å². The number of ether oxygens (including phenoxy) is 1. The van der Waals surface area contributed by atoms with Crippen LogP contribution in [0, 0.1) is 11.7 Å². The van der Waals surface area contributed by atoms with E-state index in [4.69, 9.17) is 16.3 Å². The van der Waals surface area contributed by atoms with E-state index < -0.39 is 11.7 Å². The minimum atomic E-state index is -0.409. The van der Waals surface area contributed by atoms with E-state index >= 15 is 0 Å². The molecule has 4 aromatic rings. The first-order chi connectivity index (χ1) is 19.4. The van der Waals surface area contributed by atoms with Crippen molar-refractivity contribution in [2.75, 3.05) is 29.0 Å². The standard InChI is InChI=1S/C29H26ClFN6O3/c30-24-15-21(35-28-23(2-1-11-34-28)29(39)36-20-5-3-19(31)4-6-20)7-8-25(24)40-22-10-13-33-26(16-22)37-27(38)14-18-9-12-32-17-18/h1-8,10-11,13,15-16,18,32H,9,12,14,17H2,(H,34,35)(H,36,39)(H,33,37,38)/t18-/m0/s1. The molecule has 1 aliphatic heterocycles. The van der Waals surface area contributed by atoms with Crippen LogP contribution in [0.4, 0.5) is 27.4 Å². The summed E-state index contributed by atoms with van der Waals surface area (Å²) in [6, 6.07) is 17.1. The molecule has 204 valence electrons. The van der Waals surface area contributed by atoms with Crippen molar-refractivity contribution in [1.29, 1.82) is 0 Å². The molecule has 3 heterocycles. The molecule has 0 radical (unpaired) electrons. The van der Waals surface area contributed by atoms with E-state index in [2.05, 4.69) is 31.2 Å². The summed E-state index contributed by atoms with van der Waals surface area (Å²) in [6.07, 6.45) is 4.52. The van der Waals surface area contributed by atoms with Crippen LogP contribution >= 0.6 is 11.6 Å². The third-order valence-electron chi connectivity index (χ3n) is 6.21. The normalized spacial score (nSPS) is 14.4. The zero-order chi connectivity index (χ0) is 27.9. The number of benzene rings is 2. The topological polar surface area (TPSA) is 117 Å². The molecule has 4 N–H and O–H groups in total. The van der Waals surface area contributed by atoms with Gasteiger partial charge >= 0.3 is 0 Å². The molecular formula is C29H26ClFN6O3. The van der Waals surface area contributed by atoms with E-state index in [9.17, 15) is 14.0 Å². The van der Waals surface area contributed by atoms with E-state index in [1.165, 1.54) is 24.3 Å². The Hall–Kier alpha value is -4.54. The molecule has 0 bridgehead atoms. The Morgan fingerprint density at radius 3 is 2.60 bits per heavy atom. The van der Waals surface area contributed by atoms with Crippen LogP contribution in [-0.4, -0.2) is 34.9 Å². The number of nitrogens with one attached hydrogen (secondary N) is 4. The molecule has 0 saturated carbocycles. The number of pyridine rings is 2. The fourth-order valence-corrected chi connectivity index (χ4v) is 4.45. The molecule has 0 aliphatic carbocycles. The van der Waals surface area contributed by atoms with Crippen molar-refractivity contribution < 1.29 is 18.7 Å². The van der Waals surface area contributed by atoms with Gasteiger partial charge in [-0.05, 0) is 86.1 Å². The number of aromatic nitrogens is 2. The first-order valence-corrected chi connectivity index (χ1v) is 13.0. The Kier molecular flexibility index (Phi) is 8.48. The highest BCUT2D eigenvalue weighted by molar-refractivity contribution is 6.32. The van der Waals surface area contributed by atoms with Gasteiger partial charge in [0.2, 0.25) is 5.91 Å². The number of carbonyl (C=O) groups excluding carboxylic acids is 2. The van der Waals surface area contributed by atoms with Gasteiger partial charge in [0.25, 0.3) is 5.91 Å². The lowest BCUT2D eigenvalue weighted by Crippen LogP contribution is -2.18. The van der Waals surface area contributed by atoms with Gasteiger partial charge < -0.3 is 26.0 Å². The Morgan fingerprint density at radius 2 is 1.82 bits per heavy atom. The summed E-state index contributed by atoms with van der Waals surface area (Å²) < 4.78 is 19.1. The van der Waals surface area contributed by atoms with Crippen LogP contribution in [0.25, 0.3) is 0 Å². The van der Waals surface area contributed by atoms with Crippen LogP contribution in [0.5, 0.6) is 11.5 Å². The van der Waals surface area contributed by atoms with Gasteiger partial charge in [0.05, 0.1) is 10.6 Å². The number of nitrogens with zero attached hydrogens (tertiary/aromatic N) is 2. The lowest BCUT2D eigenvalue weighted by molar-refractivity contribution is -0.117. The lowest BCUT2D eigenvalue weighted by Gasteiger charge is -2.13. The van der Waals surface area contributed by atoms with Crippen molar-refractivity contribution in [3.8, 4) is 11.5 Å². The second-order valence-electron chi connectivity index (χ2n) is 9.22. The molecule has 40 heavy (non-hydrogen) atoms. The largest absolute Gasteiger partial charge is 0.456 e. The van der Waals surface area contributed by atoms with Crippen LogP contribution in [0.3, 0.4) is 0 Å². The molecule has 2 aromatic carbocycles. The molecule has 0 spiro atoms. The van der Waals surface area contributed by atoms with Crippen molar-refractivity contribution in [2.45, 2.75) is 12.8 Å². The highest BCUT2D eigenvalue weighted by Crippen LogP contribution is 2.33.